The van der Waals surface area contributed by atoms with Crippen LogP contribution in [0.15, 0.2) is 59.1 Å². The average molecular weight is 487 g/mol. The Morgan fingerprint density at radius 2 is 1.55 bits per heavy atom. The third-order valence-electron chi connectivity index (χ3n) is 4.73. The van der Waals surface area contributed by atoms with Gasteiger partial charge in [0.05, 0.1) is 6.61 Å². The lowest BCUT2D eigenvalue weighted by atomic mass is 10.1. The van der Waals surface area contributed by atoms with E-state index in [2.05, 4.69) is 15.9 Å². The van der Waals surface area contributed by atoms with E-state index < -0.39 is 6.16 Å². The van der Waals surface area contributed by atoms with Crippen LogP contribution in [0.4, 0.5) is 4.79 Å². The van der Waals surface area contributed by atoms with Crippen LogP contribution in [0.2, 0.25) is 0 Å². The van der Waals surface area contributed by atoms with Gasteiger partial charge in [0.2, 0.25) is 5.91 Å². The molecule has 1 heterocycles. The second-order valence-electron chi connectivity index (χ2n) is 6.81. The van der Waals surface area contributed by atoms with Crippen molar-refractivity contribution in [1.82, 2.24) is 9.80 Å². The average Bonchev–Trinajstić information content (AvgIpc) is 2.79. The van der Waals surface area contributed by atoms with E-state index in [1.165, 1.54) is 0 Å². The van der Waals surface area contributed by atoms with Crippen molar-refractivity contribution in [3.05, 3.63) is 70.2 Å². The Kier molecular flexibility index (Phi) is 7.83. The number of carbonyl (C=O) groups is 3. The molecule has 0 spiro atoms. The number of nitrogens with zero attached hydrogens (tertiary/aromatic N) is 2. The molecule has 7 nitrogen and oxygen atoms in total. The maximum absolute atomic E-state index is 12.7. The summed E-state index contributed by atoms with van der Waals surface area (Å²) in [5.74, 6) is 0.110. The topological polar surface area (TPSA) is 76.2 Å². The molecule has 3 rings (SSSR count). The van der Waals surface area contributed by atoms with Crippen LogP contribution in [0.3, 0.4) is 0 Å². The zero-order chi connectivity index (χ0) is 22.2. The van der Waals surface area contributed by atoms with Crippen molar-refractivity contribution in [3.8, 4) is 5.75 Å². The first-order chi connectivity index (χ1) is 15.0. The van der Waals surface area contributed by atoms with Gasteiger partial charge in [0.15, 0.2) is 0 Å². The fourth-order valence-electron chi connectivity index (χ4n) is 3.07. The van der Waals surface area contributed by atoms with Gasteiger partial charge in [-0.15, -0.1) is 0 Å². The number of piperazine rings is 1. The zero-order valence-electron chi connectivity index (χ0n) is 17.1. The Labute approximate surface area is 189 Å². The number of amides is 2. The molecule has 0 unspecified atom stereocenters. The normalized spacial score (nSPS) is 13.9. The second-order valence-corrected chi connectivity index (χ2v) is 7.73. The molecule has 2 aromatic rings. The maximum atomic E-state index is 12.7. The molecule has 8 heteroatoms. The summed E-state index contributed by atoms with van der Waals surface area (Å²) in [5.41, 5.74) is 1.44. The lowest BCUT2D eigenvalue weighted by Crippen LogP contribution is -2.50. The molecular weight excluding hydrogens is 464 g/mol. The van der Waals surface area contributed by atoms with Crippen LogP contribution in [0, 0.1) is 0 Å². The fourth-order valence-corrected chi connectivity index (χ4v) is 3.33. The molecule has 0 aliphatic carbocycles. The highest BCUT2D eigenvalue weighted by molar-refractivity contribution is 9.10. The van der Waals surface area contributed by atoms with Crippen molar-refractivity contribution in [1.29, 1.82) is 0 Å². The summed E-state index contributed by atoms with van der Waals surface area (Å²) < 4.78 is 10.7. The van der Waals surface area contributed by atoms with E-state index in [1.807, 2.05) is 24.3 Å². The van der Waals surface area contributed by atoms with Gasteiger partial charge >= 0.3 is 6.16 Å². The summed E-state index contributed by atoms with van der Waals surface area (Å²) in [7, 11) is 0. The molecule has 1 saturated heterocycles. The molecule has 0 saturated carbocycles. The van der Waals surface area contributed by atoms with Crippen molar-refractivity contribution < 1.29 is 23.9 Å². The molecule has 1 aliphatic heterocycles. The Hall–Kier alpha value is -3.13. The van der Waals surface area contributed by atoms with Gasteiger partial charge in [0.1, 0.15) is 5.75 Å². The molecule has 2 amide bonds. The molecular formula is C23H23BrN2O5. The van der Waals surface area contributed by atoms with Gasteiger partial charge in [-0.2, -0.15) is 0 Å². The first-order valence-corrected chi connectivity index (χ1v) is 10.7. The quantitative estimate of drug-likeness (QED) is 0.362. The highest BCUT2D eigenvalue weighted by Crippen LogP contribution is 2.16. The van der Waals surface area contributed by atoms with Crippen molar-refractivity contribution in [3.63, 3.8) is 0 Å². The van der Waals surface area contributed by atoms with E-state index in [9.17, 15) is 14.4 Å². The van der Waals surface area contributed by atoms with Crippen molar-refractivity contribution in [2.24, 2.45) is 0 Å². The first kappa shape index (κ1) is 22.6. The third kappa shape index (κ3) is 6.42. The molecule has 0 bridgehead atoms. The monoisotopic (exact) mass is 486 g/mol. The largest absolute Gasteiger partial charge is 0.513 e. The molecule has 0 aromatic heterocycles. The number of hydrogen-bond donors (Lipinski definition) is 0. The predicted molar refractivity (Wildman–Crippen MR) is 120 cm³/mol. The third-order valence-corrected chi connectivity index (χ3v) is 5.26. The molecule has 31 heavy (non-hydrogen) atoms. The summed E-state index contributed by atoms with van der Waals surface area (Å²) in [6.45, 7) is 3.77. The number of hydrogen-bond acceptors (Lipinski definition) is 5. The highest BCUT2D eigenvalue weighted by atomic mass is 79.9. The summed E-state index contributed by atoms with van der Waals surface area (Å²) >= 11 is 3.38. The van der Waals surface area contributed by atoms with Crippen LogP contribution in [0.1, 0.15) is 22.8 Å². The number of benzene rings is 2. The molecule has 2 aromatic carbocycles. The van der Waals surface area contributed by atoms with Crippen LogP contribution in [-0.4, -0.2) is 60.6 Å². The number of carbonyl (C=O) groups excluding carboxylic acids is 3. The van der Waals surface area contributed by atoms with Gasteiger partial charge in [0.25, 0.3) is 5.91 Å². The van der Waals surface area contributed by atoms with Gasteiger partial charge < -0.3 is 19.3 Å². The zero-order valence-corrected chi connectivity index (χ0v) is 18.7. The predicted octanol–water partition coefficient (Wildman–Crippen LogP) is 3.98. The summed E-state index contributed by atoms with van der Waals surface area (Å²) in [6, 6.07) is 14.0. The van der Waals surface area contributed by atoms with Gasteiger partial charge in [-0.3, -0.25) is 9.59 Å². The summed E-state index contributed by atoms with van der Waals surface area (Å²) in [6.07, 6.45) is 2.56. The molecule has 162 valence electrons. The molecule has 0 atom stereocenters. The first-order valence-electron chi connectivity index (χ1n) is 9.93. The van der Waals surface area contributed by atoms with Crippen molar-refractivity contribution in [2.75, 3.05) is 32.8 Å². The van der Waals surface area contributed by atoms with E-state index in [4.69, 9.17) is 9.47 Å². The summed E-state index contributed by atoms with van der Waals surface area (Å²) in [4.78, 5) is 39.9. The van der Waals surface area contributed by atoms with E-state index >= 15 is 0 Å². The lowest BCUT2D eigenvalue weighted by molar-refractivity contribution is -0.127. The van der Waals surface area contributed by atoms with Crippen LogP contribution in [0.25, 0.3) is 6.08 Å². The lowest BCUT2D eigenvalue weighted by Gasteiger charge is -2.34. The Morgan fingerprint density at radius 3 is 2.16 bits per heavy atom. The van der Waals surface area contributed by atoms with E-state index in [0.29, 0.717) is 37.5 Å². The van der Waals surface area contributed by atoms with Crippen LogP contribution in [-0.2, 0) is 9.53 Å². The van der Waals surface area contributed by atoms with Gasteiger partial charge in [0, 0.05) is 42.3 Å². The number of rotatable bonds is 5. The van der Waals surface area contributed by atoms with Gasteiger partial charge in [-0.25, -0.2) is 4.79 Å². The van der Waals surface area contributed by atoms with Crippen LogP contribution < -0.4 is 4.74 Å². The van der Waals surface area contributed by atoms with Crippen LogP contribution >= 0.6 is 15.9 Å². The van der Waals surface area contributed by atoms with Gasteiger partial charge in [-0.05, 0) is 55.0 Å². The van der Waals surface area contributed by atoms with E-state index in [0.717, 1.165) is 10.0 Å². The molecule has 0 radical (unpaired) electrons. The minimum Gasteiger partial charge on any atom is -0.434 e. The smallest absolute Gasteiger partial charge is 0.434 e. The van der Waals surface area contributed by atoms with Crippen LogP contribution in [0.5, 0.6) is 5.75 Å². The maximum Gasteiger partial charge on any atom is 0.513 e. The Morgan fingerprint density at radius 1 is 0.935 bits per heavy atom. The van der Waals surface area contributed by atoms with E-state index in [-0.39, 0.29) is 18.4 Å². The number of ether oxygens (including phenoxy) is 2. The molecule has 1 aliphatic rings. The molecule has 0 N–H and O–H groups in total. The standard InChI is InChI=1S/C23H23BrN2O5/c1-2-30-23(29)31-20-10-6-18(7-11-20)22(28)26-15-13-25(14-16-26)21(27)12-5-17-3-8-19(24)9-4-17/h3-12H,2,13-16H2,1H3/b12-5+. The highest BCUT2D eigenvalue weighted by Gasteiger charge is 2.24. The number of halogens is 1. The second kappa shape index (κ2) is 10.8. The van der Waals surface area contributed by atoms with E-state index in [1.54, 1.807) is 53.1 Å². The minimum absolute atomic E-state index is 0.0736. The molecule has 1 fully saturated rings. The Balaban J connectivity index is 1.50. The minimum atomic E-state index is -0.781. The van der Waals surface area contributed by atoms with Crippen molar-refractivity contribution in [2.45, 2.75) is 6.92 Å². The van der Waals surface area contributed by atoms with Gasteiger partial charge in [-0.1, -0.05) is 28.1 Å². The fraction of sp³-hybridized carbons (Fsp3) is 0.261. The SMILES string of the molecule is CCOC(=O)Oc1ccc(C(=O)N2CCN(C(=O)/C=C/c3ccc(Br)cc3)CC2)cc1. The Bertz CT molecular complexity index is 949. The summed E-state index contributed by atoms with van der Waals surface area (Å²) in [5, 5.41) is 0. The van der Waals surface area contributed by atoms with Crippen molar-refractivity contribution >= 4 is 40.0 Å².